The summed E-state index contributed by atoms with van der Waals surface area (Å²) in [5, 5.41) is 14.8. The monoisotopic (exact) mass is 387 g/mol. The van der Waals surface area contributed by atoms with E-state index in [0.717, 1.165) is 15.6 Å². The van der Waals surface area contributed by atoms with Gasteiger partial charge in [-0.1, -0.05) is 17.8 Å². The summed E-state index contributed by atoms with van der Waals surface area (Å²) in [6.07, 6.45) is 0. The lowest BCUT2D eigenvalue weighted by atomic mass is 10.2. The van der Waals surface area contributed by atoms with Crippen LogP contribution in [0.5, 0.6) is 0 Å². The number of thiazole rings is 1. The largest absolute Gasteiger partial charge is 0.461 e. The number of thioether (sulfide) groups is 1. The summed E-state index contributed by atoms with van der Waals surface area (Å²) in [5.41, 5.74) is 1.57. The van der Waals surface area contributed by atoms with Crippen molar-refractivity contribution in [1.29, 1.82) is 5.26 Å². The molecule has 0 aliphatic rings. The second-order valence-electron chi connectivity index (χ2n) is 4.79. The van der Waals surface area contributed by atoms with E-state index >= 15 is 0 Å². The van der Waals surface area contributed by atoms with E-state index in [1.54, 1.807) is 35.7 Å². The fraction of sp³-hybridized carbons (Fsp3) is 0.176. The minimum Gasteiger partial charge on any atom is -0.461 e. The molecule has 0 amide bonds. The highest BCUT2D eigenvalue weighted by molar-refractivity contribution is 7.98. The molecule has 5 nitrogen and oxygen atoms in total. The van der Waals surface area contributed by atoms with Gasteiger partial charge in [-0.2, -0.15) is 5.26 Å². The predicted octanol–water partition coefficient (Wildman–Crippen LogP) is 4.61. The highest BCUT2D eigenvalue weighted by atomic mass is 32.2. The molecule has 0 aliphatic heterocycles. The molecule has 0 spiro atoms. The number of carbonyl (C=O) groups is 1. The van der Waals surface area contributed by atoms with E-state index in [9.17, 15) is 10.1 Å². The van der Waals surface area contributed by atoms with Crippen LogP contribution in [-0.2, 0) is 10.5 Å². The van der Waals surface area contributed by atoms with Crippen LogP contribution in [-0.4, -0.2) is 22.5 Å². The predicted molar refractivity (Wildman–Crippen MR) is 99.9 cm³/mol. The van der Waals surface area contributed by atoms with Gasteiger partial charge in [0.05, 0.1) is 22.7 Å². The smallest absolute Gasteiger partial charge is 0.356 e. The molecule has 3 aromatic rings. The van der Waals surface area contributed by atoms with Crippen molar-refractivity contribution in [3.8, 4) is 16.0 Å². The molecule has 3 rings (SSSR count). The van der Waals surface area contributed by atoms with E-state index in [0.29, 0.717) is 16.3 Å². The third kappa shape index (κ3) is 4.25. The van der Waals surface area contributed by atoms with E-state index in [1.165, 1.54) is 17.8 Å². The average Bonchev–Trinajstić information content (AvgIpc) is 3.31. The van der Waals surface area contributed by atoms with Crippen molar-refractivity contribution < 1.29 is 9.53 Å². The van der Waals surface area contributed by atoms with E-state index in [4.69, 9.17) is 4.74 Å². The number of esters is 1. The first kappa shape index (κ1) is 17.6. The molecule has 0 aromatic carbocycles. The normalized spacial score (nSPS) is 10.4. The zero-order valence-corrected chi connectivity index (χ0v) is 15.7. The zero-order chi connectivity index (χ0) is 17.6. The zero-order valence-electron chi connectivity index (χ0n) is 13.3. The second kappa shape index (κ2) is 8.25. The Morgan fingerprint density at radius 1 is 1.32 bits per heavy atom. The van der Waals surface area contributed by atoms with Crippen molar-refractivity contribution in [1.82, 2.24) is 9.97 Å². The number of pyridine rings is 1. The molecule has 3 aromatic heterocycles. The molecule has 126 valence electrons. The Kier molecular flexibility index (Phi) is 5.81. The molecule has 0 radical (unpaired) electrons. The summed E-state index contributed by atoms with van der Waals surface area (Å²) < 4.78 is 4.96. The van der Waals surface area contributed by atoms with Crippen molar-refractivity contribution >= 4 is 40.4 Å². The Balaban J connectivity index is 1.75. The first-order valence-corrected chi connectivity index (χ1v) is 10.1. The lowest BCUT2D eigenvalue weighted by Gasteiger charge is -2.05. The fourth-order valence-corrected chi connectivity index (χ4v) is 4.59. The molecule has 8 heteroatoms. The number of hydrogen-bond donors (Lipinski definition) is 0. The average molecular weight is 388 g/mol. The number of aromatic nitrogens is 2. The van der Waals surface area contributed by atoms with E-state index in [2.05, 4.69) is 16.0 Å². The Morgan fingerprint density at radius 2 is 2.20 bits per heavy atom. The lowest BCUT2D eigenvalue weighted by Crippen LogP contribution is -2.08. The number of nitrogens with zero attached hydrogens (tertiary/aromatic N) is 3. The quantitative estimate of drug-likeness (QED) is 0.454. The van der Waals surface area contributed by atoms with Gasteiger partial charge in [0, 0.05) is 11.1 Å². The van der Waals surface area contributed by atoms with Crippen molar-refractivity contribution in [2.24, 2.45) is 0 Å². The number of nitriles is 1. The third-order valence-corrected chi connectivity index (χ3v) is 6.06. The van der Waals surface area contributed by atoms with Crippen LogP contribution in [0.3, 0.4) is 0 Å². The molecule has 0 atom stereocenters. The third-order valence-electron chi connectivity index (χ3n) is 3.11. The molecule has 0 aliphatic carbocycles. The molecule has 0 N–H and O–H groups in total. The van der Waals surface area contributed by atoms with Crippen LogP contribution >= 0.6 is 34.4 Å². The van der Waals surface area contributed by atoms with Crippen LogP contribution in [0.4, 0.5) is 0 Å². The van der Waals surface area contributed by atoms with Crippen molar-refractivity contribution in [2.45, 2.75) is 17.7 Å². The van der Waals surface area contributed by atoms with E-state index in [1.807, 2.05) is 22.9 Å². The molecule has 0 bridgehead atoms. The Hall–Kier alpha value is -2.21. The summed E-state index contributed by atoms with van der Waals surface area (Å²) in [6.45, 7) is 2.03. The SMILES string of the molecule is CCOC(=O)c1ccc(C#N)c(SCc2csc(-c3cccs3)n2)n1. The van der Waals surface area contributed by atoms with Crippen LogP contribution in [0.15, 0.2) is 40.1 Å². The molecule has 25 heavy (non-hydrogen) atoms. The van der Waals surface area contributed by atoms with Gasteiger partial charge in [0.2, 0.25) is 0 Å². The number of ether oxygens (including phenoxy) is 1. The number of hydrogen-bond acceptors (Lipinski definition) is 8. The topological polar surface area (TPSA) is 75.9 Å². The van der Waals surface area contributed by atoms with E-state index in [-0.39, 0.29) is 12.3 Å². The van der Waals surface area contributed by atoms with Gasteiger partial charge in [0.25, 0.3) is 0 Å². The maximum atomic E-state index is 11.8. The first-order chi connectivity index (χ1) is 12.2. The maximum absolute atomic E-state index is 11.8. The number of thiophene rings is 1. The minimum atomic E-state index is -0.484. The van der Waals surface area contributed by atoms with Crippen molar-refractivity contribution in [3.05, 3.63) is 52.0 Å². The molecule has 0 saturated carbocycles. The van der Waals surface area contributed by atoms with Gasteiger partial charge in [0.15, 0.2) is 0 Å². The molecular weight excluding hydrogens is 374 g/mol. The van der Waals surface area contributed by atoms with Gasteiger partial charge in [-0.3, -0.25) is 0 Å². The first-order valence-electron chi connectivity index (χ1n) is 7.40. The van der Waals surface area contributed by atoms with Gasteiger partial charge in [-0.05, 0) is 30.5 Å². The van der Waals surface area contributed by atoms with Crippen molar-refractivity contribution in [3.63, 3.8) is 0 Å². The van der Waals surface area contributed by atoms with Gasteiger partial charge in [0.1, 0.15) is 21.8 Å². The summed E-state index contributed by atoms with van der Waals surface area (Å²) in [4.78, 5) is 21.9. The lowest BCUT2D eigenvalue weighted by molar-refractivity contribution is 0.0518. The Labute approximate surface area is 157 Å². The van der Waals surface area contributed by atoms with Crippen LogP contribution in [0.25, 0.3) is 9.88 Å². The van der Waals surface area contributed by atoms with Gasteiger partial charge < -0.3 is 4.74 Å². The Bertz CT molecular complexity index is 914. The Morgan fingerprint density at radius 3 is 2.92 bits per heavy atom. The molecule has 0 unspecified atom stereocenters. The van der Waals surface area contributed by atoms with Crippen LogP contribution in [0.2, 0.25) is 0 Å². The van der Waals surface area contributed by atoms with Gasteiger partial charge in [-0.15, -0.1) is 22.7 Å². The summed E-state index contributed by atoms with van der Waals surface area (Å²) in [5.74, 6) is 0.0954. The number of rotatable bonds is 6. The summed E-state index contributed by atoms with van der Waals surface area (Å²) >= 11 is 4.64. The van der Waals surface area contributed by atoms with Crippen molar-refractivity contribution in [2.75, 3.05) is 6.61 Å². The summed E-state index contributed by atoms with van der Waals surface area (Å²) in [7, 11) is 0. The van der Waals surface area contributed by atoms with Gasteiger partial charge >= 0.3 is 5.97 Å². The minimum absolute atomic E-state index is 0.209. The molecule has 0 fully saturated rings. The van der Waals surface area contributed by atoms with Gasteiger partial charge in [-0.25, -0.2) is 14.8 Å². The maximum Gasteiger partial charge on any atom is 0.356 e. The highest BCUT2D eigenvalue weighted by Crippen LogP contribution is 2.30. The van der Waals surface area contributed by atoms with Crippen LogP contribution in [0.1, 0.15) is 28.7 Å². The number of carbonyl (C=O) groups excluding carboxylic acids is 1. The molecular formula is C17H13N3O2S3. The highest BCUT2D eigenvalue weighted by Gasteiger charge is 2.14. The molecule has 0 saturated heterocycles. The fourth-order valence-electron chi connectivity index (χ4n) is 1.98. The van der Waals surface area contributed by atoms with Crippen LogP contribution < -0.4 is 0 Å². The second-order valence-corrected chi connectivity index (χ2v) is 7.56. The van der Waals surface area contributed by atoms with Crippen LogP contribution in [0, 0.1) is 11.3 Å². The summed E-state index contributed by atoms with van der Waals surface area (Å²) in [6, 6.07) is 9.26. The molecule has 3 heterocycles. The standard InChI is InChI=1S/C17H13N3O2S3/c1-2-22-17(21)13-6-5-11(8-18)15(20-13)24-9-12-10-25-16(19-12)14-4-3-7-23-14/h3-7,10H,2,9H2,1H3. The van der Waals surface area contributed by atoms with E-state index < -0.39 is 5.97 Å².